The van der Waals surface area contributed by atoms with Gasteiger partial charge in [-0.2, -0.15) is 0 Å². The molecule has 0 saturated carbocycles. The van der Waals surface area contributed by atoms with Crippen LogP contribution in [0.15, 0.2) is 65.7 Å². The van der Waals surface area contributed by atoms with Crippen molar-refractivity contribution in [3.8, 4) is 5.75 Å². The highest BCUT2D eigenvalue weighted by atomic mass is 35.5. The zero-order chi connectivity index (χ0) is 21.8. The number of carbonyl (C=O) groups is 1. The number of aromatic nitrogens is 2. The molecule has 0 N–H and O–H groups in total. The summed E-state index contributed by atoms with van der Waals surface area (Å²) in [4.78, 5) is 30.8. The highest BCUT2D eigenvalue weighted by molar-refractivity contribution is 7.20. The topological polar surface area (TPSA) is 70.4 Å². The van der Waals surface area contributed by atoms with Gasteiger partial charge in [0.1, 0.15) is 28.7 Å². The van der Waals surface area contributed by atoms with Gasteiger partial charge in [-0.15, -0.1) is 11.3 Å². The summed E-state index contributed by atoms with van der Waals surface area (Å²) in [5.41, 5.74) is 1.28. The van der Waals surface area contributed by atoms with Gasteiger partial charge in [0.2, 0.25) is 0 Å². The molecule has 158 valence electrons. The Labute approximate surface area is 187 Å². The molecule has 6 nitrogen and oxygen atoms in total. The van der Waals surface area contributed by atoms with E-state index < -0.39 is 5.97 Å². The van der Waals surface area contributed by atoms with Crippen molar-refractivity contribution in [3.63, 3.8) is 0 Å². The van der Waals surface area contributed by atoms with E-state index in [1.165, 1.54) is 22.2 Å². The van der Waals surface area contributed by atoms with Crippen LogP contribution in [0.2, 0.25) is 5.02 Å². The molecule has 0 unspecified atom stereocenters. The lowest BCUT2D eigenvalue weighted by Crippen LogP contribution is -2.23. The minimum absolute atomic E-state index is 0.174. The van der Waals surface area contributed by atoms with Crippen LogP contribution in [0.1, 0.15) is 20.8 Å². The molecule has 0 spiro atoms. The predicted octanol–water partition coefficient (Wildman–Crippen LogP) is 4.86. The van der Waals surface area contributed by atoms with E-state index in [1.54, 1.807) is 31.2 Å². The Kier molecular flexibility index (Phi) is 6.34. The van der Waals surface area contributed by atoms with Crippen LogP contribution in [-0.4, -0.2) is 22.1 Å². The van der Waals surface area contributed by atoms with Crippen LogP contribution in [-0.2, 0) is 17.9 Å². The van der Waals surface area contributed by atoms with E-state index in [1.807, 2.05) is 30.3 Å². The summed E-state index contributed by atoms with van der Waals surface area (Å²) in [6, 6.07) is 16.5. The predicted molar refractivity (Wildman–Crippen MR) is 121 cm³/mol. The van der Waals surface area contributed by atoms with Crippen LogP contribution in [0.4, 0.5) is 0 Å². The second-order valence-electron chi connectivity index (χ2n) is 6.84. The molecular formula is C23H19ClN2O4S. The van der Waals surface area contributed by atoms with Crippen molar-refractivity contribution < 1.29 is 14.3 Å². The Balaban J connectivity index is 1.48. The molecule has 0 aliphatic heterocycles. The highest BCUT2D eigenvalue weighted by Gasteiger charge is 2.20. The molecule has 0 bridgehead atoms. The van der Waals surface area contributed by atoms with Crippen LogP contribution in [0, 0.1) is 6.92 Å². The lowest BCUT2D eigenvalue weighted by molar-refractivity contribution is 0.0478. The van der Waals surface area contributed by atoms with Crippen molar-refractivity contribution in [1.29, 1.82) is 0 Å². The van der Waals surface area contributed by atoms with Crippen molar-refractivity contribution >= 4 is 39.1 Å². The third kappa shape index (κ3) is 4.78. The minimum atomic E-state index is -0.457. The van der Waals surface area contributed by atoms with Gasteiger partial charge in [-0.1, -0.05) is 41.9 Å². The smallest absolute Gasteiger partial charge is 0.349 e. The molecule has 2 aromatic heterocycles. The Bertz CT molecular complexity index is 1270. The second kappa shape index (κ2) is 9.32. The zero-order valence-corrected chi connectivity index (χ0v) is 18.3. The van der Waals surface area contributed by atoms with Gasteiger partial charge < -0.3 is 9.47 Å². The number of halogens is 1. The quantitative estimate of drug-likeness (QED) is 0.373. The third-order valence-corrected chi connectivity index (χ3v) is 6.16. The second-order valence-corrected chi connectivity index (χ2v) is 8.28. The summed E-state index contributed by atoms with van der Waals surface area (Å²) in [7, 11) is 0. The van der Waals surface area contributed by atoms with Gasteiger partial charge in [-0.25, -0.2) is 9.78 Å². The molecule has 0 atom stereocenters. The molecular weight excluding hydrogens is 436 g/mol. The number of rotatable bonds is 7. The fraction of sp³-hybridized carbons (Fsp3) is 0.174. The fourth-order valence-electron chi connectivity index (χ4n) is 3.09. The number of carbonyl (C=O) groups excluding carboxylic acids is 1. The molecule has 8 heteroatoms. The summed E-state index contributed by atoms with van der Waals surface area (Å²) in [6.07, 6.45) is 1.48. The number of fused-ring (bicyclic) bond motifs is 1. The van der Waals surface area contributed by atoms with Crippen LogP contribution >= 0.6 is 22.9 Å². The van der Waals surface area contributed by atoms with Crippen molar-refractivity contribution in [2.24, 2.45) is 0 Å². The van der Waals surface area contributed by atoms with Crippen LogP contribution in [0.3, 0.4) is 0 Å². The van der Waals surface area contributed by atoms with E-state index in [2.05, 4.69) is 4.98 Å². The average molecular weight is 455 g/mol. The average Bonchev–Trinajstić information content (AvgIpc) is 3.13. The molecule has 31 heavy (non-hydrogen) atoms. The maximum atomic E-state index is 13.0. The van der Waals surface area contributed by atoms with Gasteiger partial charge in [0.05, 0.1) is 18.3 Å². The number of benzene rings is 2. The van der Waals surface area contributed by atoms with Crippen molar-refractivity contribution in [1.82, 2.24) is 9.55 Å². The normalized spacial score (nSPS) is 10.9. The molecule has 2 heterocycles. The van der Waals surface area contributed by atoms with E-state index in [0.717, 1.165) is 5.56 Å². The van der Waals surface area contributed by atoms with E-state index >= 15 is 0 Å². The van der Waals surface area contributed by atoms with Crippen molar-refractivity contribution in [2.75, 3.05) is 6.61 Å². The first-order valence-electron chi connectivity index (χ1n) is 9.61. The summed E-state index contributed by atoms with van der Waals surface area (Å²) < 4.78 is 12.6. The standard InChI is InChI=1S/C23H19ClN2O4S/c1-15-19-21(31-20(15)23(28)30-13-16-5-3-2-4-6-16)25-14-26(22(19)27)11-12-29-18-9-7-17(24)8-10-18/h2-10,14H,11-13H2,1H3. The Morgan fingerprint density at radius 1 is 1.13 bits per heavy atom. The number of esters is 1. The number of aryl methyl sites for hydroxylation is 1. The SMILES string of the molecule is Cc1c(C(=O)OCc2ccccc2)sc2ncn(CCOc3ccc(Cl)cc3)c(=O)c12. The number of hydrogen-bond donors (Lipinski definition) is 0. The van der Waals surface area contributed by atoms with Gasteiger partial charge in [-0.05, 0) is 42.3 Å². The maximum absolute atomic E-state index is 13.0. The summed E-state index contributed by atoms with van der Waals surface area (Å²) in [5, 5.41) is 1.06. The lowest BCUT2D eigenvalue weighted by atomic mass is 10.2. The number of thiophene rings is 1. The largest absolute Gasteiger partial charge is 0.492 e. The molecule has 4 aromatic rings. The van der Waals surface area contributed by atoms with Gasteiger partial charge >= 0.3 is 5.97 Å². The maximum Gasteiger partial charge on any atom is 0.349 e. The molecule has 2 aromatic carbocycles. The molecule has 4 rings (SSSR count). The first-order chi connectivity index (χ1) is 15.0. The number of nitrogens with zero attached hydrogens (tertiary/aromatic N) is 2. The Hall–Kier alpha value is -3.16. The highest BCUT2D eigenvalue weighted by Crippen LogP contribution is 2.27. The summed E-state index contributed by atoms with van der Waals surface area (Å²) in [5.74, 6) is 0.211. The van der Waals surface area contributed by atoms with E-state index in [4.69, 9.17) is 21.1 Å². The summed E-state index contributed by atoms with van der Waals surface area (Å²) in [6.45, 7) is 2.54. The van der Waals surface area contributed by atoms with E-state index in [-0.39, 0.29) is 12.2 Å². The fourth-order valence-corrected chi connectivity index (χ4v) is 4.25. The summed E-state index contributed by atoms with van der Waals surface area (Å²) >= 11 is 7.04. The molecule has 0 saturated heterocycles. The van der Waals surface area contributed by atoms with Crippen LogP contribution in [0.25, 0.3) is 10.2 Å². The Morgan fingerprint density at radius 2 is 1.87 bits per heavy atom. The monoisotopic (exact) mass is 454 g/mol. The molecule has 0 aliphatic carbocycles. The van der Waals surface area contributed by atoms with E-state index in [9.17, 15) is 9.59 Å². The minimum Gasteiger partial charge on any atom is -0.492 e. The zero-order valence-electron chi connectivity index (χ0n) is 16.7. The van der Waals surface area contributed by atoms with Gasteiger partial charge in [0, 0.05) is 5.02 Å². The Morgan fingerprint density at radius 3 is 2.61 bits per heavy atom. The molecule has 0 amide bonds. The molecule has 0 aliphatic rings. The van der Waals surface area contributed by atoms with Crippen LogP contribution < -0.4 is 10.3 Å². The van der Waals surface area contributed by atoms with E-state index in [0.29, 0.717) is 44.6 Å². The van der Waals surface area contributed by atoms with Gasteiger partial charge in [0.15, 0.2) is 0 Å². The van der Waals surface area contributed by atoms with Crippen LogP contribution in [0.5, 0.6) is 5.75 Å². The number of hydrogen-bond acceptors (Lipinski definition) is 6. The third-order valence-electron chi connectivity index (χ3n) is 4.73. The number of ether oxygens (including phenoxy) is 2. The lowest BCUT2D eigenvalue weighted by Gasteiger charge is -2.08. The first kappa shape index (κ1) is 21.1. The van der Waals surface area contributed by atoms with Crippen molar-refractivity contribution in [2.45, 2.75) is 20.1 Å². The first-order valence-corrected chi connectivity index (χ1v) is 10.8. The van der Waals surface area contributed by atoms with Gasteiger partial charge in [-0.3, -0.25) is 9.36 Å². The molecule has 0 radical (unpaired) electrons. The molecule has 0 fully saturated rings. The van der Waals surface area contributed by atoms with Gasteiger partial charge in [0.25, 0.3) is 5.56 Å². The van der Waals surface area contributed by atoms with Crippen molar-refractivity contribution in [3.05, 3.63) is 92.3 Å².